The molecule has 0 aliphatic heterocycles. The molecular formula is C21H23N3O2. The predicted octanol–water partition coefficient (Wildman–Crippen LogP) is 4.52. The molecule has 5 nitrogen and oxygen atoms in total. The summed E-state index contributed by atoms with van der Waals surface area (Å²) in [7, 11) is 0. The van der Waals surface area contributed by atoms with Crippen LogP contribution < -0.4 is 5.32 Å². The van der Waals surface area contributed by atoms with Gasteiger partial charge in [-0.1, -0.05) is 56.3 Å². The van der Waals surface area contributed by atoms with E-state index in [0.29, 0.717) is 23.7 Å². The molecule has 3 rings (SSSR count). The van der Waals surface area contributed by atoms with E-state index in [1.54, 1.807) is 6.92 Å². The van der Waals surface area contributed by atoms with Crippen LogP contribution in [0.25, 0.3) is 0 Å². The van der Waals surface area contributed by atoms with Crippen LogP contribution in [-0.2, 0) is 11.8 Å². The summed E-state index contributed by atoms with van der Waals surface area (Å²) in [6, 6.07) is 15.4. The molecule has 0 saturated heterocycles. The third-order valence-corrected chi connectivity index (χ3v) is 4.19. The van der Waals surface area contributed by atoms with E-state index < -0.39 is 0 Å². The molecule has 0 bridgehead atoms. The lowest BCUT2D eigenvalue weighted by Crippen LogP contribution is -2.15. The molecule has 0 radical (unpaired) electrons. The molecule has 1 amide bonds. The van der Waals surface area contributed by atoms with Gasteiger partial charge in [0.2, 0.25) is 5.89 Å². The highest BCUT2D eigenvalue weighted by molar-refractivity contribution is 6.04. The normalized spacial score (nSPS) is 11.4. The van der Waals surface area contributed by atoms with Crippen LogP contribution in [0.2, 0.25) is 0 Å². The fourth-order valence-electron chi connectivity index (χ4n) is 2.69. The molecule has 0 fully saturated rings. The van der Waals surface area contributed by atoms with Gasteiger partial charge in [-0.05, 0) is 41.7 Å². The molecule has 0 spiro atoms. The molecule has 0 unspecified atom stereocenters. The monoisotopic (exact) mass is 349 g/mol. The number of nitrogens with one attached hydrogen (secondary N) is 1. The van der Waals surface area contributed by atoms with E-state index in [1.165, 1.54) is 5.56 Å². The van der Waals surface area contributed by atoms with E-state index in [0.717, 1.165) is 11.3 Å². The summed E-state index contributed by atoms with van der Waals surface area (Å²) in [5, 5.41) is 6.79. The van der Waals surface area contributed by atoms with Crippen molar-refractivity contribution < 1.29 is 9.32 Å². The van der Waals surface area contributed by atoms with Crippen molar-refractivity contribution in [2.24, 2.45) is 0 Å². The standard InChI is InChI=1S/C21H23N3O2/c1-14-22-19(26-24-14)13-16-7-5-6-8-18(16)23-20(25)15-9-11-17(12-10-15)21(2,3)4/h5-12H,13H2,1-4H3,(H,23,25). The summed E-state index contributed by atoms with van der Waals surface area (Å²) in [6.45, 7) is 8.23. The van der Waals surface area contributed by atoms with Crippen molar-refractivity contribution in [1.82, 2.24) is 10.1 Å². The number of carbonyl (C=O) groups is 1. The van der Waals surface area contributed by atoms with Gasteiger partial charge < -0.3 is 9.84 Å². The molecule has 5 heteroatoms. The molecule has 2 aromatic carbocycles. The number of para-hydroxylation sites is 1. The number of carbonyl (C=O) groups excluding carboxylic acids is 1. The van der Waals surface area contributed by atoms with Crippen LogP contribution in [0.3, 0.4) is 0 Å². The Morgan fingerprint density at radius 2 is 1.77 bits per heavy atom. The van der Waals surface area contributed by atoms with Crippen molar-refractivity contribution in [3.63, 3.8) is 0 Å². The molecule has 1 aromatic heterocycles. The zero-order chi connectivity index (χ0) is 18.7. The third kappa shape index (κ3) is 4.17. The van der Waals surface area contributed by atoms with Gasteiger partial charge in [0.05, 0.1) is 6.42 Å². The Morgan fingerprint density at radius 3 is 2.38 bits per heavy atom. The van der Waals surface area contributed by atoms with Crippen LogP contribution in [0.1, 0.15) is 54.0 Å². The highest BCUT2D eigenvalue weighted by atomic mass is 16.5. The quantitative estimate of drug-likeness (QED) is 0.752. The minimum absolute atomic E-state index is 0.0593. The van der Waals surface area contributed by atoms with E-state index >= 15 is 0 Å². The molecule has 0 saturated carbocycles. The van der Waals surface area contributed by atoms with Crippen molar-refractivity contribution in [2.75, 3.05) is 5.32 Å². The number of hydrogen-bond acceptors (Lipinski definition) is 4. The van der Waals surface area contributed by atoms with E-state index in [2.05, 4.69) is 36.2 Å². The summed E-state index contributed by atoms with van der Waals surface area (Å²) in [5.41, 5.74) is 3.55. The Morgan fingerprint density at radius 1 is 1.08 bits per heavy atom. The number of amides is 1. The van der Waals surface area contributed by atoms with Crippen LogP contribution >= 0.6 is 0 Å². The number of nitrogens with zero attached hydrogens (tertiary/aromatic N) is 2. The zero-order valence-corrected chi connectivity index (χ0v) is 15.5. The highest BCUT2D eigenvalue weighted by Gasteiger charge is 2.15. The van der Waals surface area contributed by atoms with Gasteiger partial charge in [-0.15, -0.1) is 0 Å². The molecule has 0 aliphatic carbocycles. The Bertz CT molecular complexity index is 906. The third-order valence-electron chi connectivity index (χ3n) is 4.19. The Balaban J connectivity index is 1.77. The van der Waals surface area contributed by atoms with E-state index in [1.807, 2.05) is 48.5 Å². The van der Waals surface area contributed by atoms with Crippen molar-refractivity contribution in [3.05, 3.63) is 76.9 Å². The number of anilines is 1. The van der Waals surface area contributed by atoms with E-state index in [-0.39, 0.29) is 11.3 Å². The first-order valence-corrected chi connectivity index (χ1v) is 8.62. The second-order valence-electron chi connectivity index (χ2n) is 7.35. The van der Waals surface area contributed by atoms with Crippen molar-refractivity contribution in [3.8, 4) is 0 Å². The fourth-order valence-corrected chi connectivity index (χ4v) is 2.69. The lowest BCUT2D eigenvalue weighted by molar-refractivity contribution is 0.102. The maximum Gasteiger partial charge on any atom is 0.255 e. The van der Waals surface area contributed by atoms with Gasteiger partial charge in [-0.2, -0.15) is 4.98 Å². The topological polar surface area (TPSA) is 68.0 Å². The average Bonchev–Trinajstić information content (AvgIpc) is 3.01. The summed E-state index contributed by atoms with van der Waals surface area (Å²) >= 11 is 0. The van der Waals surface area contributed by atoms with Crippen LogP contribution in [0.15, 0.2) is 53.1 Å². The number of aromatic nitrogens is 2. The Kier molecular flexibility index (Phi) is 4.89. The van der Waals surface area contributed by atoms with Crippen molar-refractivity contribution in [1.29, 1.82) is 0 Å². The van der Waals surface area contributed by atoms with Gasteiger partial charge in [-0.3, -0.25) is 4.79 Å². The number of hydrogen-bond donors (Lipinski definition) is 1. The molecule has 26 heavy (non-hydrogen) atoms. The van der Waals surface area contributed by atoms with Crippen molar-refractivity contribution >= 4 is 11.6 Å². The molecular weight excluding hydrogens is 326 g/mol. The molecule has 1 N–H and O–H groups in total. The second kappa shape index (κ2) is 7.12. The lowest BCUT2D eigenvalue weighted by atomic mass is 9.86. The summed E-state index contributed by atoms with van der Waals surface area (Å²) in [4.78, 5) is 16.8. The van der Waals surface area contributed by atoms with Crippen LogP contribution in [-0.4, -0.2) is 16.0 Å². The molecule has 134 valence electrons. The highest BCUT2D eigenvalue weighted by Crippen LogP contribution is 2.23. The average molecular weight is 349 g/mol. The number of benzene rings is 2. The molecule has 3 aromatic rings. The molecule has 0 aliphatic rings. The summed E-state index contributed by atoms with van der Waals surface area (Å²) < 4.78 is 5.18. The molecule has 0 atom stereocenters. The minimum atomic E-state index is -0.139. The van der Waals surface area contributed by atoms with Gasteiger partial charge in [0.25, 0.3) is 5.91 Å². The van der Waals surface area contributed by atoms with Crippen LogP contribution in [0.5, 0.6) is 0 Å². The second-order valence-corrected chi connectivity index (χ2v) is 7.35. The Hall–Kier alpha value is -2.95. The SMILES string of the molecule is Cc1noc(Cc2ccccc2NC(=O)c2ccc(C(C)(C)C)cc2)n1. The van der Waals surface area contributed by atoms with E-state index in [9.17, 15) is 4.79 Å². The number of rotatable bonds is 4. The first kappa shape index (κ1) is 17.9. The first-order valence-electron chi connectivity index (χ1n) is 8.62. The van der Waals surface area contributed by atoms with Crippen molar-refractivity contribution in [2.45, 2.75) is 39.5 Å². The predicted molar refractivity (Wildman–Crippen MR) is 101 cm³/mol. The Labute approximate surface area is 153 Å². The van der Waals surface area contributed by atoms with Crippen LogP contribution in [0.4, 0.5) is 5.69 Å². The largest absolute Gasteiger partial charge is 0.339 e. The zero-order valence-electron chi connectivity index (χ0n) is 15.5. The lowest BCUT2D eigenvalue weighted by Gasteiger charge is -2.19. The summed E-state index contributed by atoms with van der Waals surface area (Å²) in [5.74, 6) is 0.985. The van der Waals surface area contributed by atoms with Gasteiger partial charge in [0.15, 0.2) is 5.82 Å². The van der Waals surface area contributed by atoms with E-state index in [4.69, 9.17) is 4.52 Å². The summed E-state index contributed by atoms with van der Waals surface area (Å²) in [6.07, 6.45) is 0.472. The van der Waals surface area contributed by atoms with Gasteiger partial charge in [0.1, 0.15) is 0 Å². The smallest absolute Gasteiger partial charge is 0.255 e. The minimum Gasteiger partial charge on any atom is -0.339 e. The first-order chi connectivity index (χ1) is 12.3. The maximum atomic E-state index is 12.6. The number of aryl methyl sites for hydroxylation is 1. The van der Waals surface area contributed by atoms with Crippen LogP contribution in [0, 0.1) is 6.92 Å². The molecule has 1 heterocycles. The maximum absolute atomic E-state index is 12.6. The van der Waals surface area contributed by atoms with Gasteiger partial charge in [-0.25, -0.2) is 0 Å². The fraction of sp³-hybridized carbons (Fsp3) is 0.286. The van der Waals surface area contributed by atoms with Gasteiger partial charge in [0, 0.05) is 11.3 Å². The van der Waals surface area contributed by atoms with Gasteiger partial charge >= 0.3 is 0 Å².